The second-order valence-corrected chi connectivity index (χ2v) is 6.38. The van der Waals surface area contributed by atoms with Crippen molar-refractivity contribution >= 4 is 6.03 Å². The predicted octanol–water partition coefficient (Wildman–Crippen LogP) is 1.91. The number of hydrogen-bond acceptors (Lipinski definition) is 4. The number of aromatic nitrogens is 1. The van der Waals surface area contributed by atoms with Crippen LogP contribution in [0.4, 0.5) is 4.79 Å². The van der Waals surface area contributed by atoms with E-state index in [0.29, 0.717) is 18.5 Å². The number of amides is 2. The molecular weight excluding hydrogens is 292 g/mol. The van der Waals surface area contributed by atoms with E-state index in [1.165, 1.54) is 6.42 Å². The summed E-state index contributed by atoms with van der Waals surface area (Å²) in [6.45, 7) is 5.68. The number of likely N-dealkylation sites (N-methyl/N-ethyl adjacent to an activating group) is 1. The first-order valence-electron chi connectivity index (χ1n) is 8.61. The molecule has 1 aliphatic carbocycles. The predicted molar refractivity (Wildman–Crippen MR) is 88.4 cm³/mol. The lowest BCUT2D eigenvalue weighted by molar-refractivity contribution is 0.114. The number of carbonyl (C=O) groups excluding carboxylic acids is 1. The number of pyridine rings is 1. The SMILES string of the molecule is CCN1CCC(NC(=O)NCc2ccnc(OC3CCC3)c2)C1. The molecule has 23 heavy (non-hydrogen) atoms. The van der Waals surface area contributed by atoms with Crippen LogP contribution in [0, 0.1) is 0 Å². The van der Waals surface area contributed by atoms with Crippen LogP contribution in [0.3, 0.4) is 0 Å². The topological polar surface area (TPSA) is 66.5 Å². The van der Waals surface area contributed by atoms with Gasteiger partial charge in [0.1, 0.15) is 6.10 Å². The molecule has 126 valence electrons. The van der Waals surface area contributed by atoms with Crippen LogP contribution in [0.2, 0.25) is 0 Å². The summed E-state index contributed by atoms with van der Waals surface area (Å²) in [6.07, 6.45) is 6.54. The highest BCUT2D eigenvalue weighted by atomic mass is 16.5. The Kier molecular flexibility index (Phi) is 5.33. The van der Waals surface area contributed by atoms with Crippen molar-refractivity contribution in [3.05, 3.63) is 23.9 Å². The molecule has 0 aromatic carbocycles. The van der Waals surface area contributed by atoms with Gasteiger partial charge in [0.15, 0.2) is 0 Å². The van der Waals surface area contributed by atoms with Gasteiger partial charge in [-0.3, -0.25) is 0 Å². The number of urea groups is 1. The van der Waals surface area contributed by atoms with Crippen molar-refractivity contribution in [3.8, 4) is 5.88 Å². The summed E-state index contributed by atoms with van der Waals surface area (Å²) in [5.74, 6) is 0.656. The van der Waals surface area contributed by atoms with Gasteiger partial charge in [-0.05, 0) is 43.9 Å². The van der Waals surface area contributed by atoms with Crippen LogP contribution in [0.1, 0.15) is 38.2 Å². The van der Waals surface area contributed by atoms with Crippen LogP contribution in [0.25, 0.3) is 0 Å². The van der Waals surface area contributed by atoms with E-state index >= 15 is 0 Å². The summed E-state index contributed by atoms with van der Waals surface area (Å²) >= 11 is 0. The molecule has 2 fully saturated rings. The van der Waals surface area contributed by atoms with Gasteiger partial charge in [-0.2, -0.15) is 0 Å². The molecule has 1 aliphatic heterocycles. The number of likely N-dealkylation sites (tertiary alicyclic amines) is 1. The molecule has 1 aromatic rings. The first-order valence-corrected chi connectivity index (χ1v) is 8.61. The summed E-state index contributed by atoms with van der Waals surface area (Å²) in [7, 11) is 0. The fourth-order valence-electron chi connectivity index (χ4n) is 2.94. The average Bonchev–Trinajstić information content (AvgIpc) is 2.97. The van der Waals surface area contributed by atoms with Gasteiger partial charge in [0.05, 0.1) is 0 Å². The lowest BCUT2D eigenvalue weighted by Gasteiger charge is -2.25. The molecule has 0 radical (unpaired) electrons. The van der Waals surface area contributed by atoms with E-state index in [1.807, 2.05) is 12.1 Å². The van der Waals surface area contributed by atoms with Crippen LogP contribution in [-0.4, -0.2) is 47.7 Å². The standard InChI is InChI=1S/C17H26N4O2/c1-2-21-9-7-14(12-21)20-17(22)19-11-13-6-8-18-16(10-13)23-15-4-3-5-15/h6,8,10,14-15H,2-5,7,9,11-12H2,1H3,(H2,19,20,22). The molecular formula is C17H26N4O2. The van der Waals surface area contributed by atoms with Crippen molar-refractivity contribution < 1.29 is 9.53 Å². The van der Waals surface area contributed by atoms with Crippen LogP contribution < -0.4 is 15.4 Å². The van der Waals surface area contributed by atoms with E-state index < -0.39 is 0 Å². The zero-order valence-electron chi connectivity index (χ0n) is 13.8. The lowest BCUT2D eigenvalue weighted by atomic mass is 9.96. The van der Waals surface area contributed by atoms with Crippen LogP contribution >= 0.6 is 0 Å². The number of carbonyl (C=O) groups is 1. The minimum absolute atomic E-state index is 0.105. The first-order chi connectivity index (χ1) is 11.2. The number of hydrogen-bond donors (Lipinski definition) is 2. The number of ether oxygens (including phenoxy) is 1. The summed E-state index contributed by atoms with van der Waals surface area (Å²) in [6, 6.07) is 3.96. The Morgan fingerprint density at radius 2 is 2.30 bits per heavy atom. The molecule has 6 nitrogen and oxygen atoms in total. The van der Waals surface area contributed by atoms with E-state index in [2.05, 4.69) is 27.4 Å². The molecule has 1 atom stereocenters. The quantitative estimate of drug-likeness (QED) is 0.841. The smallest absolute Gasteiger partial charge is 0.315 e. The van der Waals surface area contributed by atoms with E-state index in [-0.39, 0.29) is 12.1 Å². The van der Waals surface area contributed by atoms with E-state index in [4.69, 9.17) is 4.74 Å². The Morgan fingerprint density at radius 1 is 1.43 bits per heavy atom. The Morgan fingerprint density at radius 3 is 3.00 bits per heavy atom. The highest BCUT2D eigenvalue weighted by Gasteiger charge is 2.22. The van der Waals surface area contributed by atoms with Gasteiger partial charge in [0, 0.05) is 37.9 Å². The number of nitrogens with zero attached hydrogens (tertiary/aromatic N) is 2. The third kappa shape index (κ3) is 4.58. The van der Waals surface area contributed by atoms with Crippen molar-refractivity contribution in [2.45, 2.75) is 51.3 Å². The van der Waals surface area contributed by atoms with Crippen LogP contribution in [0.15, 0.2) is 18.3 Å². The van der Waals surface area contributed by atoms with Crippen LogP contribution in [0.5, 0.6) is 5.88 Å². The highest BCUT2D eigenvalue weighted by Crippen LogP contribution is 2.24. The molecule has 1 saturated carbocycles. The van der Waals surface area contributed by atoms with Crippen molar-refractivity contribution in [1.82, 2.24) is 20.5 Å². The summed E-state index contributed by atoms with van der Waals surface area (Å²) < 4.78 is 5.78. The molecule has 2 heterocycles. The summed E-state index contributed by atoms with van der Waals surface area (Å²) in [5, 5.41) is 5.96. The fraction of sp³-hybridized carbons (Fsp3) is 0.647. The fourth-order valence-corrected chi connectivity index (χ4v) is 2.94. The van der Waals surface area contributed by atoms with Crippen molar-refractivity contribution in [2.24, 2.45) is 0 Å². The summed E-state index contributed by atoms with van der Waals surface area (Å²) in [4.78, 5) is 18.6. The lowest BCUT2D eigenvalue weighted by Crippen LogP contribution is -2.43. The van der Waals surface area contributed by atoms with Crippen LogP contribution in [-0.2, 0) is 6.54 Å². The maximum atomic E-state index is 12.0. The molecule has 1 saturated heterocycles. The molecule has 0 bridgehead atoms. The number of rotatable bonds is 6. The highest BCUT2D eigenvalue weighted by molar-refractivity contribution is 5.74. The Hall–Kier alpha value is -1.82. The summed E-state index contributed by atoms with van der Waals surface area (Å²) in [5.41, 5.74) is 1.01. The zero-order chi connectivity index (χ0) is 16.1. The van der Waals surface area contributed by atoms with Gasteiger partial charge in [0.25, 0.3) is 0 Å². The Balaban J connectivity index is 1.42. The van der Waals surface area contributed by atoms with Gasteiger partial charge in [0.2, 0.25) is 5.88 Å². The van der Waals surface area contributed by atoms with Gasteiger partial charge in [-0.1, -0.05) is 6.92 Å². The average molecular weight is 318 g/mol. The minimum Gasteiger partial charge on any atom is -0.474 e. The molecule has 6 heteroatoms. The number of nitrogens with one attached hydrogen (secondary N) is 2. The molecule has 2 N–H and O–H groups in total. The molecule has 2 aliphatic rings. The first kappa shape index (κ1) is 16.1. The third-order valence-electron chi connectivity index (χ3n) is 4.65. The largest absolute Gasteiger partial charge is 0.474 e. The van der Waals surface area contributed by atoms with Gasteiger partial charge in [-0.25, -0.2) is 9.78 Å². The van der Waals surface area contributed by atoms with Crippen molar-refractivity contribution in [3.63, 3.8) is 0 Å². The van der Waals surface area contributed by atoms with Crippen molar-refractivity contribution in [2.75, 3.05) is 19.6 Å². The second kappa shape index (κ2) is 7.64. The second-order valence-electron chi connectivity index (χ2n) is 6.38. The normalized spacial score (nSPS) is 21.7. The van der Waals surface area contributed by atoms with E-state index in [9.17, 15) is 4.79 Å². The van der Waals surface area contributed by atoms with Gasteiger partial charge >= 0.3 is 6.03 Å². The molecule has 1 aromatic heterocycles. The zero-order valence-corrected chi connectivity index (χ0v) is 13.8. The monoisotopic (exact) mass is 318 g/mol. The maximum absolute atomic E-state index is 12.0. The third-order valence-corrected chi connectivity index (χ3v) is 4.65. The molecule has 1 unspecified atom stereocenters. The maximum Gasteiger partial charge on any atom is 0.315 e. The molecule has 2 amide bonds. The minimum atomic E-state index is -0.105. The van der Waals surface area contributed by atoms with E-state index in [1.54, 1.807) is 6.20 Å². The van der Waals surface area contributed by atoms with Gasteiger partial charge in [-0.15, -0.1) is 0 Å². The Labute approximate surface area is 137 Å². The molecule has 0 spiro atoms. The Bertz CT molecular complexity index is 533. The van der Waals surface area contributed by atoms with E-state index in [0.717, 1.165) is 44.5 Å². The van der Waals surface area contributed by atoms with Gasteiger partial charge < -0.3 is 20.3 Å². The molecule has 3 rings (SSSR count). The van der Waals surface area contributed by atoms with Crippen molar-refractivity contribution in [1.29, 1.82) is 0 Å².